The van der Waals surface area contributed by atoms with E-state index in [0.29, 0.717) is 5.54 Å². The van der Waals surface area contributed by atoms with E-state index in [1.54, 1.807) is 0 Å². The number of halogens is 1. The van der Waals surface area contributed by atoms with E-state index in [4.69, 9.17) is 0 Å². The Kier molecular flexibility index (Phi) is 2.63. The van der Waals surface area contributed by atoms with Crippen molar-refractivity contribution >= 4 is 22.9 Å². The molecule has 12 heavy (non-hydrogen) atoms. The number of likely N-dealkylation sites (tertiary alicyclic amines) is 1. The molecular weight excluding hydrogens is 263 g/mol. The molecule has 2 rings (SSSR count). The van der Waals surface area contributed by atoms with Gasteiger partial charge in [-0.15, -0.1) is 0 Å². The zero-order valence-electron chi connectivity index (χ0n) is 7.72. The van der Waals surface area contributed by atoms with Crippen LogP contribution < -0.4 is 0 Å². The van der Waals surface area contributed by atoms with Gasteiger partial charge in [0.25, 0.3) is 0 Å². The fourth-order valence-corrected chi connectivity index (χ4v) is 3.50. The summed E-state index contributed by atoms with van der Waals surface area (Å²) in [5.74, 6) is 0. The highest BCUT2D eigenvalue weighted by Crippen LogP contribution is 2.40. The third-order valence-electron chi connectivity index (χ3n) is 3.43. The third kappa shape index (κ3) is 1.51. The second-order valence-corrected chi connectivity index (χ2v) is 5.38. The highest BCUT2D eigenvalue weighted by atomic mass is 127. The van der Waals surface area contributed by atoms with E-state index >= 15 is 0 Å². The molecule has 0 radical (unpaired) electrons. The molecule has 0 aliphatic carbocycles. The molecule has 0 aromatic heterocycles. The van der Waals surface area contributed by atoms with Crippen molar-refractivity contribution in [2.75, 3.05) is 26.7 Å². The van der Waals surface area contributed by atoms with Gasteiger partial charge >= 0.3 is 0 Å². The minimum absolute atomic E-state index is 0.590. The SMILES string of the molecule is CN1CCC2(CCCN2I)CC1. The quantitative estimate of drug-likeness (QED) is 0.494. The predicted octanol–water partition coefficient (Wildman–Crippen LogP) is 1.90. The molecule has 2 fully saturated rings. The van der Waals surface area contributed by atoms with Gasteiger partial charge in [0.2, 0.25) is 0 Å². The Morgan fingerprint density at radius 2 is 1.75 bits per heavy atom. The topological polar surface area (TPSA) is 6.48 Å². The van der Waals surface area contributed by atoms with Gasteiger partial charge in [-0.2, -0.15) is 0 Å². The first kappa shape index (κ1) is 9.21. The second-order valence-electron chi connectivity index (χ2n) is 4.22. The van der Waals surface area contributed by atoms with E-state index in [1.165, 1.54) is 45.3 Å². The minimum atomic E-state index is 0.590. The van der Waals surface area contributed by atoms with Crippen LogP contribution in [-0.4, -0.2) is 40.2 Å². The normalized spacial score (nSPS) is 31.5. The van der Waals surface area contributed by atoms with E-state index < -0.39 is 0 Å². The average molecular weight is 280 g/mol. The molecule has 0 amide bonds. The Hall–Kier alpha value is 0.650. The van der Waals surface area contributed by atoms with Crippen molar-refractivity contribution in [3.63, 3.8) is 0 Å². The van der Waals surface area contributed by atoms with Gasteiger partial charge in [-0.1, -0.05) is 0 Å². The number of nitrogens with zero attached hydrogens (tertiary/aromatic N) is 2. The molecule has 0 aromatic carbocycles. The number of rotatable bonds is 0. The monoisotopic (exact) mass is 280 g/mol. The summed E-state index contributed by atoms with van der Waals surface area (Å²) >= 11 is 2.53. The molecule has 2 nitrogen and oxygen atoms in total. The molecule has 2 saturated heterocycles. The lowest BCUT2D eigenvalue weighted by Gasteiger charge is -2.41. The van der Waals surface area contributed by atoms with Crippen molar-refractivity contribution in [1.82, 2.24) is 8.01 Å². The molecule has 0 atom stereocenters. The van der Waals surface area contributed by atoms with Crippen molar-refractivity contribution in [2.24, 2.45) is 0 Å². The van der Waals surface area contributed by atoms with Crippen LogP contribution in [0.3, 0.4) is 0 Å². The van der Waals surface area contributed by atoms with Crippen molar-refractivity contribution in [3.05, 3.63) is 0 Å². The lowest BCUT2D eigenvalue weighted by molar-refractivity contribution is 0.136. The van der Waals surface area contributed by atoms with Crippen LogP contribution in [0.2, 0.25) is 0 Å². The summed E-state index contributed by atoms with van der Waals surface area (Å²) < 4.78 is 2.57. The number of piperidine rings is 1. The van der Waals surface area contributed by atoms with Crippen LogP contribution in [0.5, 0.6) is 0 Å². The van der Waals surface area contributed by atoms with Gasteiger partial charge in [-0.3, -0.25) is 0 Å². The summed E-state index contributed by atoms with van der Waals surface area (Å²) in [6.07, 6.45) is 5.61. The maximum absolute atomic E-state index is 2.57. The van der Waals surface area contributed by atoms with E-state index in [-0.39, 0.29) is 0 Å². The fraction of sp³-hybridized carbons (Fsp3) is 1.00. The van der Waals surface area contributed by atoms with Crippen LogP contribution in [0.1, 0.15) is 25.7 Å². The molecule has 0 N–H and O–H groups in total. The molecule has 1 spiro atoms. The molecule has 0 saturated carbocycles. The predicted molar refractivity (Wildman–Crippen MR) is 59.4 cm³/mol. The lowest BCUT2D eigenvalue weighted by Crippen LogP contribution is -2.47. The van der Waals surface area contributed by atoms with E-state index in [9.17, 15) is 0 Å². The lowest BCUT2D eigenvalue weighted by atomic mass is 9.86. The van der Waals surface area contributed by atoms with Crippen molar-refractivity contribution < 1.29 is 0 Å². The molecule has 3 heteroatoms. The molecule has 0 unspecified atom stereocenters. The van der Waals surface area contributed by atoms with Gasteiger partial charge in [0.15, 0.2) is 0 Å². The molecule has 2 heterocycles. The Labute approximate surface area is 88.8 Å². The summed E-state index contributed by atoms with van der Waals surface area (Å²) in [5.41, 5.74) is 0.590. The second kappa shape index (κ2) is 3.42. The summed E-state index contributed by atoms with van der Waals surface area (Å²) in [6.45, 7) is 3.89. The van der Waals surface area contributed by atoms with Gasteiger partial charge in [0.1, 0.15) is 0 Å². The van der Waals surface area contributed by atoms with Gasteiger partial charge in [0, 0.05) is 34.9 Å². The molecule has 2 aliphatic rings. The molecule has 70 valence electrons. The first-order valence-electron chi connectivity index (χ1n) is 4.85. The third-order valence-corrected chi connectivity index (χ3v) is 4.93. The minimum Gasteiger partial charge on any atom is -0.306 e. The van der Waals surface area contributed by atoms with E-state index in [1.807, 2.05) is 0 Å². The van der Waals surface area contributed by atoms with Crippen molar-refractivity contribution in [3.8, 4) is 0 Å². The summed E-state index contributed by atoms with van der Waals surface area (Å²) in [7, 11) is 2.24. The van der Waals surface area contributed by atoms with Gasteiger partial charge in [-0.05, 0) is 45.8 Å². The van der Waals surface area contributed by atoms with Crippen LogP contribution >= 0.6 is 22.9 Å². The number of hydrogen-bond donors (Lipinski definition) is 0. The van der Waals surface area contributed by atoms with Crippen LogP contribution in [0, 0.1) is 0 Å². The molecule has 2 aliphatic heterocycles. The van der Waals surface area contributed by atoms with Crippen molar-refractivity contribution in [2.45, 2.75) is 31.2 Å². The first-order valence-corrected chi connectivity index (χ1v) is 5.81. The van der Waals surface area contributed by atoms with E-state index in [0.717, 1.165) is 0 Å². The standard InChI is InChI=1S/C9H17IN2/c1-11-7-4-9(5-8-11)3-2-6-12(9)10/h2-8H2,1H3. The van der Waals surface area contributed by atoms with Crippen LogP contribution in [0.4, 0.5) is 0 Å². The Morgan fingerprint density at radius 3 is 2.25 bits per heavy atom. The Balaban J connectivity index is 2.02. The highest BCUT2D eigenvalue weighted by molar-refractivity contribution is 14.1. The van der Waals surface area contributed by atoms with Crippen LogP contribution in [0.25, 0.3) is 0 Å². The van der Waals surface area contributed by atoms with Gasteiger partial charge < -0.3 is 4.90 Å². The zero-order chi connectivity index (χ0) is 8.60. The molecular formula is C9H17IN2. The summed E-state index contributed by atoms with van der Waals surface area (Å²) in [6, 6.07) is 0. The Bertz CT molecular complexity index is 164. The van der Waals surface area contributed by atoms with Gasteiger partial charge in [-0.25, -0.2) is 3.11 Å². The van der Waals surface area contributed by atoms with Gasteiger partial charge in [0.05, 0.1) is 0 Å². The smallest absolute Gasteiger partial charge is 0.0330 e. The largest absolute Gasteiger partial charge is 0.306 e. The highest BCUT2D eigenvalue weighted by Gasteiger charge is 2.41. The zero-order valence-corrected chi connectivity index (χ0v) is 9.88. The Morgan fingerprint density at radius 1 is 1.08 bits per heavy atom. The molecule has 0 aromatic rings. The number of hydrogen-bond acceptors (Lipinski definition) is 2. The molecule has 0 bridgehead atoms. The average Bonchev–Trinajstić information content (AvgIpc) is 2.41. The van der Waals surface area contributed by atoms with Crippen LogP contribution in [0.15, 0.2) is 0 Å². The first-order chi connectivity index (χ1) is 5.73. The summed E-state index contributed by atoms with van der Waals surface area (Å²) in [4.78, 5) is 2.45. The summed E-state index contributed by atoms with van der Waals surface area (Å²) in [5, 5.41) is 0. The van der Waals surface area contributed by atoms with Crippen LogP contribution in [-0.2, 0) is 0 Å². The van der Waals surface area contributed by atoms with E-state index in [2.05, 4.69) is 37.9 Å². The maximum Gasteiger partial charge on any atom is 0.0330 e. The fourth-order valence-electron chi connectivity index (χ4n) is 2.43. The van der Waals surface area contributed by atoms with Crippen molar-refractivity contribution in [1.29, 1.82) is 0 Å². The maximum atomic E-state index is 2.57.